The molecule has 13 rings (SSSR count). The number of rotatable bonds is 7. The van der Waals surface area contributed by atoms with Crippen molar-refractivity contribution < 1.29 is 0 Å². The molecule has 2 bridgehead atoms. The average Bonchev–Trinajstić information content (AvgIpc) is 4.14. The highest BCUT2D eigenvalue weighted by atomic mass is 32.1. The van der Waals surface area contributed by atoms with E-state index < -0.39 is 0 Å². The highest BCUT2D eigenvalue weighted by Gasteiger charge is 2.56. The van der Waals surface area contributed by atoms with Crippen molar-refractivity contribution in [2.75, 3.05) is 4.90 Å². The summed E-state index contributed by atoms with van der Waals surface area (Å²) in [6.07, 6.45) is 5.30. The Morgan fingerprint density at radius 2 is 1.00 bits per heavy atom. The molecule has 9 aromatic carbocycles. The van der Waals surface area contributed by atoms with E-state index in [1.54, 1.807) is 5.56 Å². The Hall–Kier alpha value is -7.00. The first-order valence-corrected chi connectivity index (χ1v) is 23.4. The first kappa shape index (κ1) is 36.6. The molecule has 10 aromatic rings. The second-order valence-electron chi connectivity index (χ2n) is 18.0. The lowest BCUT2D eigenvalue weighted by atomic mass is 9.67. The minimum absolute atomic E-state index is 0.0815. The zero-order valence-corrected chi connectivity index (χ0v) is 35.9. The lowest BCUT2D eigenvalue weighted by Crippen LogP contribution is -2.32. The van der Waals surface area contributed by atoms with Crippen LogP contribution in [0.25, 0.3) is 75.8 Å². The third-order valence-electron chi connectivity index (χ3n) is 14.8. The van der Waals surface area contributed by atoms with E-state index in [0.717, 1.165) is 11.6 Å². The number of benzene rings is 9. The van der Waals surface area contributed by atoms with E-state index >= 15 is 0 Å². The molecule has 1 aromatic heterocycles. The second-order valence-corrected chi connectivity index (χ2v) is 19.1. The van der Waals surface area contributed by atoms with Crippen LogP contribution in [0.15, 0.2) is 212 Å². The minimum Gasteiger partial charge on any atom is -0.310 e. The molecule has 3 aliphatic rings. The smallest absolute Gasteiger partial charge is 0.0540 e. The van der Waals surface area contributed by atoms with Gasteiger partial charge in [-0.25, -0.2) is 0 Å². The van der Waals surface area contributed by atoms with E-state index in [0.29, 0.717) is 5.92 Å². The first-order chi connectivity index (χ1) is 31.2. The lowest BCUT2D eigenvalue weighted by molar-refractivity contribution is 0.327. The number of nitrogens with zero attached hydrogens (tertiary/aromatic N) is 1. The van der Waals surface area contributed by atoms with Crippen molar-refractivity contribution in [3.8, 4) is 55.6 Å². The summed E-state index contributed by atoms with van der Waals surface area (Å²) in [5.74, 6) is 1.50. The van der Waals surface area contributed by atoms with Gasteiger partial charge in [0.05, 0.1) is 5.69 Å². The van der Waals surface area contributed by atoms with Crippen LogP contribution < -0.4 is 4.90 Å². The molecular weight excluding hydrogens is 779 g/mol. The fraction of sp³-hybridized carbons (Fsp3) is 0.115. The molecule has 1 nitrogen and oxygen atoms in total. The van der Waals surface area contributed by atoms with Crippen LogP contribution in [0.2, 0.25) is 0 Å². The molecule has 2 saturated carbocycles. The molecule has 0 aliphatic heterocycles. The standard InChI is InChI=1S/C61H45NS/c1-2-14-42(15-3-1)47-16-4-5-17-48(47)49-18-6-7-19-50(49)53-21-9-12-24-58(53)62(45-31-27-41(28-32-45)43-29-35-60-55(37-43)54-22-10-13-25-59(54)63-60)46-33-34-52-51-20-8-11-23-56(51)61(57(52)38-46)39-40-26-30-44(61)36-40/h1-25,27-29,31-35,37-38,40,44H,26,30,36,39H2. The third-order valence-corrected chi connectivity index (χ3v) is 15.9. The topological polar surface area (TPSA) is 3.24 Å². The number of fused-ring (bicyclic) bond motifs is 11. The largest absolute Gasteiger partial charge is 0.310 e. The molecule has 2 fully saturated rings. The van der Waals surface area contributed by atoms with Gasteiger partial charge in [0, 0.05) is 42.5 Å². The average molecular weight is 824 g/mol. The maximum absolute atomic E-state index is 2.59. The summed E-state index contributed by atoms with van der Waals surface area (Å²) in [7, 11) is 0. The van der Waals surface area contributed by atoms with Crippen molar-refractivity contribution in [2.24, 2.45) is 11.8 Å². The van der Waals surface area contributed by atoms with E-state index in [-0.39, 0.29) is 5.41 Å². The van der Waals surface area contributed by atoms with Crippen molar-refractivity contribution in [3.05, 3.63) is 223 Å². The van der Waals surface area contributed by atoms with Crippen LogP contribution in [-0.2, 0) is 5.41 Å². The first-order valence-electron chi connectivity index (χ1n) is 22.6. The van der Waals surface area contributed by atoms with Crippen molar-refractivity contribution in [2.45, 2.75) is 31.1 Å². The highest BCUT2D eigenvalue weighted by Crippen LogP contribution is 2.66. The van der Waals surface area contributed by atoms with Crippen LogP contribution in [0.1, 0.15) is 36.8 Å². The van der Waals surface area contributed by atoms with Crippen LogP contribution in [0.3, 0.4) is 0 Å². The van der Waals surface area contributed by atoms with Crippen LogP contribution in [0.5, 0.6) is 0 Å². The van der Waals surface area contributed by atoms with Crippen molar-refractivity contribution in [3.63, 3.8) is 0 Å². The quantitative estimate of drug-likeness (QED) is 0.155. The molecule has 300 valence electrons. The van der Waals surface area contributed by atoms with Gasteiger partial charge in [0.1, 0.15) is 0 Å². The fourth-order valence-electron chi connectivity index (χ4n) is 12.1. The van der Waals surface area contributed by atoms with Crippen LogP contribution in [0.4, 0.5) is 17.1 Å². The number of thiophene rings is 1. The maximum atomic E-state index is 2.59. The SMILES string of the molecule is c1ccc(-c2ccccc2-c2ccccc2-c2ccccc2N(c2ccc(-c3ccc4sc5ccccc5c4c3)cc2)c2ccc3c(c2)C2(CC4CCC2C4)c2ccccc2-3)cc1. The Morgan fingerprint density at radius 3 is 1.78 bits per heavy atom. The normalized spacial score (nSPS) is 18.3. The summed E-state index contributed by atoms with van der Waals surface area (Å²) in [6, 6.07) is 79.5. The van der Waals surface area contributed by atoms with Gasteiger partial charge in [-0.2, -0.15) is 0 Å². The number of para-hydroxylation sites is 1. The van der Waals surface area contributed by atoms with E-state index in [1.807, 2.05) is 11.3 Å². The summed E-state index contributed by atoms with van der Waals surface area (Å²) < 4.78 is 2.67. The summed E-state index contributed by atoms with van der Waals surface area (Å²) in [6.45, 7) is 0. The summed E-state index contributed by atoms with van der Waals surface area (Å²) >= 11 is 1.87. The van der Waals surface area contributed by atoms with E-state index in [9.17, 15) is 0 Å². The van der Waals surface area contributed by atoms with Gasteiger partial charge in [0.2, 0.25) is 0 Å². The molecule has 3 aliphatic carbocycles. The summed E-state index contributed by atoms with van der Waals surface area (Å²) in [4.78, 5) is 2.54. The Morgan fingerprint density at radius 1 is 0.397 bits per heavy atom. The van der Waals surface area contributed by atoms with Gasteiger partial charge in [0.25, 0.3) is 0 Å². The van der Waals surface area contributed by atoms with Crippen LogP contribution in [0, 0.1) is 11.8 Å². The van der Waals surface area contributed by atoms with Crippen molar-refractivity contribution in [1.29, 1.82) is 0 Å². The lowest BCUT2D eigenvalue weighted by Gasteiger charge is -2.37. The highest BCUT2D eigenvalue weighted by molar-refractivity contribution is 7.25. The molecular formula is C61H45NS. The van der Waals surface area contributed by atoms with Gasteiger partial charge in [-0.1, -0.05) is 170 Å². The fourth-order valence-corrected chi connectivity index (χ4v) is 13.2. The van der Waals surface area contributed by atoms with Crippen LogP contribution >= 0.6 is 11.3 Å². The molecule has 3 unspecified atom stereocenters. The third kappa shape index (κ3) is 5.74. The molecule has 1 spiro atoms. The predicted octanol–water partition coefficient (Wildman–Crippen LogP) is 17.3. The Kier molecular flexibility index (Phi) is 8.46. The van der Waals surface area contributed by atoms with E-state index in [1.165, 1.54) is 118 Å². The van der Waals surface area contributed by atoms with E-state index in [4.69, 9.17) is 0 Å². The zero-order chi connectivity index (χ0) is 41.5. The van der Waals surface area contributed by atoms with Gasteiger partial charge in [-0.15, -0.1) is 11.3 Å². The second kappa shape index (κ2) is 14.5. The molecule has 0 radical (unpaired) electrons. The van der Waals surface area contributed by atoms with Gasteiger partial charge >= 0.3 is 0 Å². The molecule has 63 heavy (non-hydrogen) atoms. The number of hydrogen-bond acceptors (Lipinski definition) is 2. The molecule has 2 heteroatoms. The van der Waals surface area contributed by atoms with Gasteiger partial charge in [-0.05, 0) is 141 Å². The van der Waals surface area contributed by atoms with E-state index in [2.05, 4.69) is 217 Å². The van der Waals surface area contributed by atoms with Crippen LogP contribution in [-0.4, -0.2) is 0 Å². The van der Waals surface area contributed by atoms with Crippen molar-refractivity contribution >= 4 is 48.6 Å². The Balaban J connectivity index is 0.993. The predicted molar refractivity (Wildman–Crippen MR) is 267 cm³/mol. The van der Waals surface area contributed by atoms with Gasteiger partial charge < -0.3 is 4.90 Å². The summed E-state index contributed by atoms with van der Waals surface area (Å²) in [5, 5.41) is 2.66. The molecule has 0 N–H and O–H groups in total. The molecule has 3 atom stereocenters. The molecule has 0 saturated heterocycles. The Labute approximate surface area is 373 Å². The molecule has 0 amide bonds. The van der Waals surface area contributed by atoms with Gasteiger partial charge in [-0.3, -0.25) is 0 Å². The van der Waals surface area contributed by atoms with Crippen molar-refractivity contribution in [1.82, 2.24) is 0 Å². The monoisotopic (exact) mass is 823 g/mol. The Bertz CT molecular complexity index is 3380. The minimum atomic E-state index is 0.0815. The number of anilines is 3. The number of hydrogen-bond donors (Lipinski definition) is 0. The van der Waals surface area contributed by atoms with Gasteiger partial charge in [0.15, 0.2) is 0 Å². The molecule has 1 heterocycles. The summed E-state index contributed by atoms with van der Waals surface area (Å²) in [5.41, 5.74) is 19.3. The zero-order valence-electron chi connectivity index (χ0n) is 35.0. The maximum Gasteiger partial charge on any atom is 0.0540 e.